The monoisotopic (exact) mass is 289 g/mol. The van der Waals surface area contributed by atoms with Gasteiger partial charge in [-0.15, -0.1) is 0 Å². The molecule has 21 heavy (non-hydrogen) atoms. The molecule has 2 aromatic rings. The molecule has 0 amide bonds. The second kappa shape index (κ2) is 6.63. The Balaban J connectivity index is 2.54. The molecule has 0 saturated carbocycles. The number of aryl methyl sites for hydroxylation is 2. The Kier molecular flexibility index (Phi) is 4.85. The predicted octanol–water partition coefficient (Wildman–Crippen LogP) is 2.44. The van der Waals surface area contributed by atoms with Crippen LogP contribution >= 0.6 is 0 Å². The molecule has 0 fully saturated rings. The molecule has 5 nitrogen and oxygen atoms in total. The fourth-order valence-electron chi connectivity index (χ4n) is 2.56. The van der Waals surface area contributed by atoms with Gasteiger partial charge in [0.2, 0.25) is 0 Å². The number of hydrogen-bond acceptors (Lipinski definition) is 4. The van der Waals surface area contributed by atoms with Crippen LogP contribution in [0.4, 0.5) is 0 Å². The van der Waals surface area contributed by atoms with Gasteiger partial charge in [-0.2, -0.15) is 5.10 Å². The van der Waals surface area contributed by atoms with Gasteiger partial charge in [0.25, 0.3) is 0 Å². The molecule has 0 radical (unpaired) electrons. The average molecular weight is 289 g/mol. The summed E-state index contributed by atoms with van der Waals surface area (Å²) in [5.74, 6) is 1.65. The van der Waals surface area contributed by atoms with Crippen LogP contribution in [0.1, 0.15) is 29.8 Å². The van der Waals surface area contributed by atoms with E-state index in [4.69, 9.17) is 9.47 Å². The van der Waals surface area contributed by atoms with Crippen LogP contribution in [-0.4, -0.2) is 30.5 Å². The fourth-order valence-corrected chi connectivity index (χ4v) is 2.56. The number of benzene rings is 1. The van der Waals surface area contributed by atoms with Gasteiger partial charge < -0.3 is 14.8 Å². The summed E-state index contributed by atoms with van der Waals surface area (Å²) in [6, 6.07) is 5.87. The maximum atomic E-state index is 5.52. The van der Waals surface area contributed by atoms with Crippen molar-refractivity contribution in [2.24, 2.45) is 7.05 Å². The van der Waals surface area contributed by atoms with Crippen molar-refractivity contribution in [1.82, 2.24) is 15.1 Å². The van der Waals surface area contributed by atoms with Crippen LogP contribution in [0.5, 0.6) is 11.5 Å². The zero-order chi connectivity index (χ0) is 15.4. The summed E-state index contributed by atoms with van der Waals surface area (Å²) in [6.07, 6.45) is 2.04. The van der Waals surface area contributed by atoms with Crippen LogP contribution in [0, 0.1) is 6.92 Å². The molecule has 1 aromatic carbocycles. The van der Waals surface area contributed by atoms with Crippen molar-refractivity contribution in [3.63, 3.8) is 0 Å². The lowest BCUT2D eigenvalue weighted by Crippen LogP contribution is -2.23. The first-order chi connectivity index (χ1) is 10.1. The molecule has 1 heterocycles. The van der Waals surface area contributed by atoms with Gasteiger partial charge in [0, 0.05) is 24.4 Å². The van der Waals surface area contributed by atoms with E-state index in [1.165, 1.54) is 0 Å². The molecular weight excluding hydrogens is 266 g/mol. The van der Waals surface area contributed by atoms with Crippen LogP contribution in [0.25, 0.3) is 0 Å². The Hall–Kier alpha value is -2.01. The molecule has 0 aliphatic heterocycles. The molecule has 114 valence electrons. The fraction of sp³-hybridized carbons (Fsp3) is 0.438. The molecule has 0 saturated heterocycles. The van der Waals surface area contributed by atoms with Crippen LogP contribution in [0.2, 0.25) is 0 Å². The van der Waals surface area contributed by atoms with Crippen molar-refractivity contribution in [2.75, 3.05) is 20.8 Å². The van der Waals surface area contributed by atoms with E-state index in [0.717, 1.165) is 34.9 Å². The number of ether oxygens (including phenoxy) is 2. The summed E-state index contributed by atoms with van der Waals surface area (Å²) in [7, 11) is 5.29. The van der Waals surface area contributed by atoms with E-state index < -0.39 is 0 Å². The minimum absolute atomic E-state index is 0.0220. The maximum Gasteiger partial charge on any atom is 0.124 e. The predicted molar refractivity (Wildman–Crippen MR) is 83.0 cm³/mol. The SMILES string of the molecule is CCNC(c1cc(OC)ccc1OC)c1cn(C)nc1C. The second-order valence-electron chi connectivity index (χ2n) is 4.94. The highest BCUT2D eigenvalue weighted by atomic mass is 16.5. The van der Waals surface area contributed by atoms with E-state index in [-0.39, 0.29) is 6.04 Å². The Morgan fingerprint density at radius 1 is 1.24 bits per heavy atom. The number of rotatable bonds is 6. The topological polar surface area (TPSA) is 48.3 Å². The lowest BCUT2D eigenvalue weighted by molar-refractivity contribution is 0.394. The van der Waals surface area contributed by atoms with E-state index in [9.17, 15) is 0 Å². The molecule has 5 heteroatoms. The van der Waals surface area contributed by atoms with Crippen LogP contribution in [-0.2, 0) is 7.05 Å². The summed E-state index contributed by atoms with van der Waals surface area (Å²) in [6.45, 7) is 4.96. The Morgan fingerprint density at radius 3 is 2.52 bits per heavy atom. The van der Waals surface area contributed by atoms with Crippen molar-refractivity contribution in [1.29, 1.82) is 0 Å². The zero-order valence-electron chi connectivity index (χ0n) is 13.3. The first-order valence-electron chi connectivity index (χ1n) is 7.06. The third-order valence-corrected chi connectivity index (χ3v) is 3.52. The van der Waals surface area contributed by atoms with Crippen molar-refractivity contribution in [3.05, 3.63) is 41.2 Å². The molecule has 0 bridgehead atoms. The third-order valence-electron chi connectivity index (χ3n) is 3.52. The molecular formula is C16H23N3O2. The molecule has 0 spiro atoms. The van der Waals surface area contributed by atoms with Crippen LogP contribution < -0.4 is 14.8 Å². The maximum absolute atomic E-state index is 5.52. The van der Waals surface area contributed by atoms with E-state index in [2.05, 4.69) is 17.3 Å². The van der Waals surface area contributed by atoms with Crippen molar-refractivity contribution >= 4 is 0 Å². The highest BCUT2D eigenvalue weighted by molar-refractivity contribution is 5.46. The lowest BCUT2D eigenvalue weighted by atomic mass is 9.98. The van der Waals surface area contributed by atoms with Gasteiger partial charge in [-0.3, -0.25) is 4.68 Å². The highest BCUT2D eigenvalue weighted by Crippen LogP contribution is 2.34. The minimum atomic E-state index is 0.0220. The number of nitrogens with one attached hydrogen (secondary N) is 1. The van der Waals surface area contributed by atoms with E-state index >= 15 is 0 Å². The normalized spacial score (nSPS) is 12.2. The Labute approximate surface area is 125 Å². The van der Waals surface area contributed by atoms with Gasteiger partial charge in [0.1, 0.15) is 11.5 Å². The van der Waals surface area contributed by atoms with Crippen molar-refractivity contribution in [2.45, 2.75) is 19.9 Å². The molecule has 0 aliphatic carbocycles. The summed E-state index contributed by atoms with van der Waals surface area (Å²) in [4.78, 5) is 0. The Morgan fingerprint density at radius 2 is 2.00 bits per heavy atom. The molecule has 1 aromatic heterocycles. The molecule has 1 N–H and O–H groups in total. The molecule has 0 aliphatic rings. The number of methoxy groups -OCH3 is 2. The lowest BCUT2D eigenvalue weighted by Gasteiger charge is -2.21. The number of hydrogen-bond donors (Lipinski definition) is 1. The number of aromatic nitrogens is 2. The average Bonchev–Trinajstić information content (AvgIpc) is 2.82. The van der Waals surface area contributed by atoms with Gasteiger partial charge in [0.15, 0.2) is 0 Å². The van der Waals surface area contributed by atoms with Crippen LogP contribution in [0.3, 0.4) is 0 Å². The zero-order valence-corrected chi connectivity index (χ0v) is 13.3. The second-order valence-corrected chi connectivity index (χ2v) is 4.94. The minimum Gasteiger partial charge on any atom is -0.497 e. The van der Waals surface area contributed by atoms with Crippen molar-refractivity contribution in [3.8, 4) is 11.5 Å². The van der Waals surface area contributed by atoms with Gasteiger partial charge in [0.05, 0.1) is 26.0 Å². The largest absolute Gasteiger partial charge is 0.497 e. The molecule has 2 rings (SSSR count). The van der Waals surface area contributed by atoms with Gasteiger partial charge >= 0.3 is 0 Å². The summed E-state index contributed by atoms with van der Waals surface area (Å²) < 4.78 is 12.7. The van der Waals surface area contributed by atoms with Gasteiger partial charge in [-0.1, -0.05) is 6.92 Å². The first-order valence-corrected chi connectivity index (χ1v) is 7.06. The van der Waals surface area contributed by atoms with E-state index in [1.54, 1.807) is 14.2 Å². The first kappa shape index (κ1) is 15.4. The van der Waals surface area contributed by atoms with E-state index in [0.29, 0.717) is 0 Å². The van der Waals surface area contributed by atoms with Crippen molar-refractivity contribution < 1.29 is 9.47 Å². The van der Waals surface area contributed by atoms with Gasteiger partial charge in [-0.05, 0) is 31.7 Å². The molecule has 1 unspecified atom stereocenters. The summed E-state index contributed by atoms with van der Waals surface area (Å²) in [5, 5.41) is 7.95. The standard InChI is InChI=1S/C16H23N3O2/c1-6-17-16(14-10-19(3)18-11(14)2)13-9-12(20-4)7-8-15(13)21-5/h7-10,16-17H,6H2,1-5H3. The molecule has 1 atom stereocenters. The smallest absolute Gasteiger partial charge is 0.124 e. The van der Waals surface area contributed by atoms with Crippen LogP contribution in [0.15, 0.2) is 24.4 Å². The third kappa shape index (κ3) is 3.19. The summed E-state index contributed by atoms with van der Waals surface area (Å²) in [5.41, 5.74) is 3.20. The summed E-state index contributed by atoms with van der Waals surface area (Å²) >= 11 is 0. The van der Waals surface area contributed by atoms with E-state index in [1.807, 2.05) is 43.0 Å². The Bertz CT molecular complexity index is 608. The van der Waals surface area contributed by atoms with Gasteiger partial charge in [-0.25, -0.2) is 0 Å². The number of nitrogens with zero attached hydrogens (tertiary/aromatic N) is 2. The highest BCUT2D eigenvalue weighted by Gasteiger charge is 2.21. The quantitative estimate of drug-likeness (QED) is 0.887.